The van der Waals surface area contributed by atoms with Crippen LogP contribution >= 0.6 is 24.0 Å². The van der Waals surface area contributed by atoms with Crippen molar-refractivity contribution in [2.75, 3.05) is 24.7 Å². The molecule has 0 unspecified atom stereocenters. The van der Waals surface area contributed by atoms with E-state index in [1.54, 1.807) is 7.11 Å². The smallest absolute Gasteiger partial charge is 0.170 e. The molecule has 5 heteroatoms. The lowest BCUT2D eigenvalue weighted by molar-refractivity contribution is 0.415. The Morgan fingerprint density at radius 1 is 1.17 bits per heavy atom. The lowest BCUT2D eigenvalue weighted by atomic mass is 10.2. The molecule has 2 aromatic carbocycles. The lowest BCUT2D eigenvalue weighted by Crippen LogP contribution is -2.29. The summed E-state index contributed by atoms with van der Waals surface area (Å²) in [4.78, 5) is 0. The van der Waals surface area contributed by atoms with Gasteiger partial charge in [0.1, 0.15) is 5.75 Å². The molecule has 0 fully saturated rings. The number of rotatable bonds is 8. The molecule has 0 amide bonds. The predicted molar refractivity (Wildman–Crippen MR) is 109 cm³/mol. The molecule has 0 bridgehead atoms. The van der Waals surface area contributed by atoms with E-state index in [0.29, 0.717) is 5.11 Å². The van der Waals surface area contributed by atoms with E-state index in [1.807, 2.05) is 36.0 Å². The van der Waals surface area contributed by atoms with E-state index < -0.39 is 0 Å². The van der Waals surface area contributed by atoms with Crippen LogP contribution in [0.3, 0.4) is 0 Å². The molecule has 3 nitrogen and oxygen atoms in total. The first kappa shape index (κ1) is 18.6. The monoisotopic (exact) mass is 360 g/mol. The lowest BCUT2D eigenvalue weighted by Gasteiger charge is -2.11. The van der Waals surface area contributed by atoms with Crippen molar-refractivity contribution >= 4 is 34.8 Å². The molecule has 0 heterocycles. The highest BCUT2D eigenvalue weighted by atomic mass is 32.2. The van der Waals surface area contributed by atoms with Gasteiger partial charge in [-0.3, -0.25) is 0 Å². The molecular formula is C19H24N2OS2. The van der Waals surface area contributed by atoms with Crippen molar-refractivity contribution < 1.29 is 4.74 Å². The Morgan fingerprint density at radius 2 is 1.96 bits per heavy atom. The third-order valence-corrected chi connectivity index (χ3v) is 4.81. The number of thioether (sulfide) groups is 1. The van der Waals surface area contributed by atoms with Crippen LogP contribution in [-0.4, -0.2) is 24.5 Å². The average Bonchev–Trinajstić information content (AvgIpc) is 2.59. The number of hydrogen-bond acceptors (Lipinski definition) is 3. The molecule has 0 saturated heterocycles. The van der Waals surface area contributed by atoms with Gasteiger partial charge < -0.3 is 15.4 Å². The van der Waals surface area contributed by atoms with Gasteiger partial charge in [0.25, 0.3) is 0 Å². The number of anilines is 1. The highest BCUT2D eigenvalue weighted by Crippen LogP contribution is 2.15. The van der Waals surface area contributed by atoms with Crippen LogP contribution in [0.25, 0.3) is 0 Å². The van der Waals surface area contributed by atoms with Crippen LogP contribution in [0.5, 0.6) is 5.75 Å². The molecular weight excluding hydrogens is 336 g/mol. The molecule has 0 spiro atoms. The second-order valence-electron chi connectivity index (χ2n) is 5.50. The molecule has 0 atom stereocenters. The molecule has 128 valence electrons. The SMILES string of the molecule is COc1ccc(NC(=S)NCCCSCc2cccc(C)c2)cc1. The number of benzene rings is 2. The van der Waals surface area contributed by atoms with Gasteiger partial charge in [-0.05, 0) is 61.1 Å². The van der Waals surface area contributed by atoms with Gasteiger partial charge in [-0.25, -0.2) is 0 Å². The van der Waals surface area contributed by atoms with Crippen molar-refractivity contribution in [3.8, 4) is 5.75 Å². The second-order valence-corrected chi connectivity index (χ2v) is 7.02. The van der Waals surface area contributed by atoms with Gasteiger partial charge in [-0.2, -0.15) is 11.8 Å². The van der Waals surface area contributed by atoms with Crippen LogP contribution in [0.15, 0.2) is 48.5 Å². The highest BCUT2D eigenvalue weighted by molar-refractivity contribution is 7.98. The van der Waals surface area contributed by atoms with Crippen molar-refractivity contribution in [2.45, 2.75) is 19.1 Å². The number of ether oxygens (including phenoxy) is 1. The Labute approximate surface area is 154 Å². The largest absolute Gasteiger partial charge is 0.497 e. The van der Waals surface area contributed by atoms with E-state index >= 15 is 0 Å². The van der Waals surface area contributed by atoms with Gasteiger partial charge in [0.05, 0.1) is 7.11 Å². The van der Waals surface area contributed by atoms with Crippen molar-refractivity contribution in [3.05, 3.63) is 59.7 Å². The van der Waals surface area contributed by atoms with E-state index in [4.69, 9.17) is 17.0 Å². The quantitative estimate of drug-likeness (QED) is 0.530. The van der Waals surface area contributed by atoms with Gasteiger partial charge in [-0.15, -0.1) is 0 Å². The van der Waals surface area contributed by atoms with Crippen molar-refractivity contribution in [1.29, 1.82) is 0 Å². The fraction of sp³-hybridized carbons (Fsp3) is 0.316. The normalized spacial score (nSPS) is 10.2. The zero-order valence-electron chi connectivity index (χ0n) is 14.2. The van der Waals surface area contributed by atoms with E-state index in [2.05, 4.69) is 41.8 Å². The van der Waals surface area contributed by atoms with E-state index in [0.717, 1.165) is 35.9 Å². The van der Waals surface area contributed by atoms with Crippen LogP contribution in [0.2, 0.25) is 0 Å². The molecule has 0 aliphatic carbocycles. The summed E-state index contributed by atoms with van der Waals surface area (Å²) in [5.74, 6) is 3.02. The van der Waals surface area contributed by atoms with Gasteiger partial charge >= 0.3 is 0 Å². The molecule has 2 aromatic rings. The summed E-state index contributed by atoms with van der Waals surface area (Å²) < 4.78 is 5.14. The maximum atomic E-state index is 5.31. The Bertz CT molecular complexity index is 644. The minimum Gasteiger partial charge on any atom is -0.497 e. The van der Waals surface area contributed by atoms with Crippen molar-refractivity contribution in [3.63, 3.8) is 0 Å². The molecule has 2 N–H and O–H groups in total. The van der Waals surface area contributed by atoms with E-state index in [1.165, 1.54) is 11.1 Å². The summed E-state index contributed by atoms with van der Waals surface area (Å²) in [6, 6.07) is 16.4. The summed E-state index contributed by atoms with van der Waals surface area (Å²) in [5, 5.41) is 7.07. The number of methoxy groups -OCH3 is 1. The van der Waals surface area contributed by atoms with Gasteiger partial charge in [-0.1, -0.05) is 29.8 Å². The first-order valence-electron chi connectivity index (χ1n) is 7.99. The summed E-state index contributed by atoms with van der Waals surface area (Å²) in [5.41, 5.74) is 3.68. The van der Waals surface area contributed by atoms with Crippen LogP contribution in [-0.2, 0) is 5.75 Å². The van der Waals surface area contributed by atoms with Crippen LogP contribution in [0, 0.1) is 6.92 Å². The summed E-state index contributed by atoms with van der Waals surface area (Å²) in [7, 11) is 1.66. The average molecular weight is 361 g/mol. The minimum absolute atomic E-state index is 0.656. The fourth-order valence-corrected chi connectivity index (χ4v) is 3.35. The standard InChI is InChI=1S/C19H24N2OS2/c1-15-5-3-6-16(13-15)14-24-12-4-11-20-19(23)21-17-7-9-18(22-2)10-8-17/h3,5-10,13H,4,11-12,14H2,1-2H3,(H2,20,21,23). The fourth-order valence-electron chi connectivity index (χ4n) is 2.22. The Morgan fingerprint density at radius 3 is 2.67 bits per heavy atom. The van der Waals surface area contributed by atoms with Gasteiger partial charge in [0.2, 0.25) is 0 Å². The predicted octanol–water partition coefficient (Wildman–Crippen LogP) is 4.61. The Kier molecular flexibility index (Phi) is 7.92. The molecule has 0 aromatic heterocycles. The molecule has 0 aliphatic heterocycles. The highest BCUT2D eigenvalue weighted by Gasteiger charge is 1.99. The Balaban J connectivity index is 1.57. The number of nitrogens with one attached hydrogen (secondary N) is 2. The minimum atomic E-state index is 0.656. The summed E-state index contributed by atoms with van der Waals surface area (Å²) in [6.07, 6.45) is 1.08. The summed E-state index contributed by atoms with van der Waals surface area (Å²) in [6.45, 7) is 3.01. The van der Waals surface area contributed by atoms with Crippen LogP contribution in [0.4, 0.5) is 5.69 Å². The second kappa shape index (κ2) is 10.2. The van der Waals surface area contributed by atoms with Crippen LogP contribution < -0.4 is 15.4 Å². The van der Waals surface area contributed by atoms with Gasteiger partial charge in [0, 0.05) is 18.0 Å². The number of aryl methyl sites for hydroxylation is 1. The molecule has 0 radical (unpaired) electrons. The van der Waals surface area contributed by atoms with Gasteiger partial charge in [0.15, 0.2) is 5.11 Å². The Hall–Kier alpha value is -1.72. The maximum Gasteiger partial charge on any atom is 0.170 e. The first-order chi connectivity index (χ1) is 11.7. The molecule has 24 heavy (non-hydrogen) atoms. The maximum absolute atomic E-state index is 5.31. The third kappa shape index (κ3) is 6.81. The molecule has 0 aliphatic rings. The van der Waals surface area contributed by atoms with Crippen molar-refractivity contribution in [2.24, 2.45) is 0 Å². The number of thiocarbonyl (C=S) groups is 1. The summed E-state index contributed by atoms with van der Waals surface area (Å²) >= 11 is 7.26. The third-order valence-electron chi connectivity index (χ3n) is 3.45. The van der Waals surface area contributed by atoms with Crippen LogP contribution in [0.1, 0.15) is 17.5 Å². The topological polar surface area (TPSA) is 33.3 Å². The number of hydrogen-bond donors (Lipinski definition) is 2. The van der Waals surface area contributed by atoms with E-state index in [-0.39, 0.29) is 0 Å². The zero-order chi connectivity index (χ0) is 17.2. The van der Waals surface area contributed by atoms with E-state index in [9.17, 15) is 0 Å². The molecule has 0 saturated carbocycles. The van der Waals surface area contributed by atoms with Crippen molar-refractivity contribution in [1.82, 2.24) is 5.32 Å². The first-order valence-corrected chi connectivity index (χ1v) is 9.56. The molecule has 2 rings (SSSR count). The zero-order valence-corrected chi connectivity index (χ0v) is 15.8.